The fraction of sp³-hybridized carbons (Fsp3) is 0.412. The summed E-state index contributed by atoms with van der Waals surface area (Å²) < 4.78 is 5.42. The van der Waals surface area contributed by atoms with Gasteiger partial charge >= 0.3 is 0 Å². The summed E-state index contributed by atoms with van der Waals surface area (Å²) in [4.78, 5) is 2.89. The Hall–Kier alpha value is -1.32. The monoisotopic (exact) mass is 289 g/mol. The van der Waals surface area contributed by atoms with Crippen LogP contribution in [0.5, 0.6) is 5.75 Å². The van der Waals surface area contributed by atoms with Gasteiger partial charge in [-0.2, -0.15) is 0 Å². The molecule has 2 nitrogen and oxygen atoms in total. The number of nitrogens with two attached hydrogens (primary N) is 1. The van der Waals surface area contributed by atoms with Gasteiger partial charge in [-0.25, -0.2) is 0 Å². The highest BCUT2D eigenvalue weighted by atomic mass is 32.1. The number of ether oxygens (including phenoxy) is 1. The van der Waals surface area contributed by atoms with Gasteiger partial charge in [0.15, 0.2) is 0 Å². The molecular weight excluding hydrogens is 266 g/mol. The molecule has 0 aliphatic carbocycles. The third-order valence-corrected chi connectivity index (χ3v) is 4.84. The lowest BCUT2D eigenvalue weighted by Gasteiger charge is -2.16. The Bertz CT molecular complexity index is 535. The van der Waals surface area contributed by atoms with Crippen molar-refractivity contribution in [3.8, 4) is 5.75 Å². The van der Waals surface area contributed by atoms with Gasteiger partial charge in [0, 0.05) is 9.75 Å². The van der Waals surface area contributed by atoms with Crippen LogP contribution in [0.2, 0.25) is 0 Å². The van der Waals surface area contributed by atoms with E-state index in [9.17, 15) is 0 Å². The van der Waals surface area contributed by atoms with Crippen LogP contribution in [0.3, 0.4) is 0 Å². The Morgan fingerprint density at radius 3 is 2.50 bits per heavy atom. The van der Waals surface area contributed by atoms with Crippen LogP contribution in [-0.2, 0) is 19.3 Å². The number of aryl methyl sites for hydroxylation is 1. The molecule has 108 valence electrons. The summed E-state index contributed by atoms with van der Waals surface area (Å²) in [6, 6.07) is 12.7. The van der Waals surface area contributed by atoms with E-state index in [1.165, 1.54) is 15.3 Å². The van der Waals surface area contributed by atoms with Gasteiger partial charge in [-0.1, -0.05) is 25.1 Å². The smallest absolute Gasteiger partial charge is 0.122 e. The van der Waals surface area contributed by atoms with Crippen molar-refractivity contribution >= 4 is 11.3 Å². The molecule has 0 spiro atoms. The molecule has 2 rings (SSSR count). The number of hydrogen-bond acceptors (Lipinski definition) is 3. The Labute approximate surface area is 125 Å². The molecule has 1 aromatic carbocycles. The summed E-state index contributed by atoms with van der Waals surface area (Å²) in [7, 11) is 1.73. The first kappa shape index (κ1) is 15.1. The lowest BCUT2D eigenvalue weighted by molar-refractivity contribution is 0.404. The van der Waals surface area contributed by atoms with Crippen LogP contribution in [0.25, 0.3) is 0 Å². The SMILES string of the molecule is CCc1ccc(CC(CN)Cc2ccccc2OC)s1. The molecule has 2 N–H and O–H groups in total. The second kappa shape index (κ2) is 7.46. The molecular formula is C17H23NOS. The second-order valence-electron chi connectivity index (χ2n) is 5.04. The van der Waals surface area contributed by atoms with E-state index in [-0.39, 0.29) is 0 Å². The lowest BCUT2D eigenvalue weighted by Crippen LogP contribution is -2.19. The van der Waals surface area contributed by atoms with Crippen LogP contribution < -0.4 is 10.5 Å². The molecule has 1 unspecified atom stereocenters. The van der Waals surface area contributed by atoms with E-state index in [0.29, 0.717) is 12.5 Å². The summed E-state index contributed by atoms with van der Waals surface area (Å²) in [6.45, 7) is 2.91. The Morgan fingerprint density at radius 1 is 1.10 bits per heavy atom. The highest BCUT2D eigenvalue weighted by molar-refractivity contribution is 7.11. The molecule has 0 saturated carbocycles. The highest BCUT2D eigenvalue weighted by Crippen LogP contribution is 2.25. The molecule has 3 heteroatoms. The third kappa shape index (κ3) is 3.84. The van der Waals surface area contributed by atoms with Crippen LogP contribution in [0.15, 0.2) is 36.4 Å². The summed E-state index contributed by atoms with van der Waals surface area (Å²) in [5.41, 5.74) is 7.21. The largest absolute Gasteiger partial charge is 0.496 e. The molecule has 0 amide bonds. The third-order valence-electron chi connectivity index (χ3n) is 3.59. The molecule has 0 aliphatic rings. The van der Waals surface area contributed by atoms with Crippen molar-refractivity contribution in [2.24, 2.45) is 11.7 Å². The normalized spacial score (nSPS) is 12.3. The second-order valence-corrected chi connectivity index (χ2v) is 6.30. The van der Waals surface area contributed by atoms with Crippen molar-refractivity contribution in [1.82, 2.24) is 0 Å². The fourth-order valence-electron chi connectivity index (χ4n) is 2.43. The van der Waals surface area contributed by atoms with Crippen LogP contribution >= 0.6 is 11.3 Å². The van der Waals surface area contributed by atoms with Gasteiger partial charge in [-0.05, 0) is 55.5 Å². The van der Waals surface area contributed by atoms with Crippen molar-refractivity contribution in [1.29, 1.82) is 0 Å². The van der Waals surface area contributed by atoms with Gasteiger partial charge in [0.2, 0.25) is 0 Å². The quantitative estimate of drug-likeness (QED) is 0.844. The molecule has 1 heterocycles. The molecule has 2 aromatic rings. The standard InChI is InChI=1S/C17H23NOS/c1-3-15-8-9-16(20-15)11-13(12-18)10-14-6-4-5-7-17(14)19-2/h4-9,13H,3,10-12,18H2,1-2H3. The van der Waals surface area contributed by atoms with Crippen molar-refractivity contribution in [2.75, 3.05) is 13.7 Å². The zero-order valence-electron chi connectivity index (χ0n) is 12.3. The number of para-hydroxylation sites is 1. The van der Waals surface area contributed by atoms with Gasteiger partial charge in [0.1, 0.15) is 5.75 Å². The number of methoxy groups -OCH3 is 1. The molecule has 1 atom stereocenters. The number of rotatable bonds is 7. The topological polar surface area (TPSA) is 35.2 Å². The van der Waals surface area contributed by atoms with Crippen LogP contribution in [0, 0.1) is 5.92 Å². The fourth-order valence-corrected chi connectivity index (χ4v) is 3.50. The van der Waals surface area contributed by atoms with Gasteiger partial charge in [-0.15, -0.1) is 11.3 Å². The minimum Gasteiger partial charge on any atom is -0.496 e. The first-order valence-corrected chi connectivity index (χ1v) is 7.98. The van der Waals surface area contributed by atoms with E-state index in [0.717, 1.165) is 25.0 Å². The molecule has 0 fully saturated rings. The van der Waals surface area contributed by atoms with Gasteiger partial charge in [-0.3, -0.25) is 0 Å². The first-order chi connectivity index (χ1) is 9.76. The maximum absolute atomic E-state index is 5.96. The number of benzene rings is 1. The Morgan fingerprint density at radius 2 is 1.85 bits per heavy atom. The predicted octanol–water partition coefficient (Wildman–Crippen LogP) is 3.68. The van der Waals surface area contributed by atoms with E-state index < -0.39 is 0 Å². The van der Waals surface area contributed by atoms with Gasteiger partial charge in [0.25, 0.3) is 0 Å². The minimum absolute atomic E-state index is 0.467. The van der Waals surface area contributed by atoms with E-state index >= 15 is 0 Å². The maximum atomic E-state index is 5.96. The molecule has 0 saturated heterocycles. The van der Waals surface area contributed by atoms with E-state index in [1.54, 1.807) is 7.11 Å². The minimum atomic E-state index is 0.467. The molecule has 0 bridgehead atoms. The van der Waals surface area contributed by atoms with Crippen LogP contribution in [-0.4, -0.2) is 13.7 Å². The van der Waals surface area contributed by atoms with Gasteiger partial charge < -0.3 is 10.5 Å². The van der Waals surface area contributed by atoms with E-state index in [4.69, 9.17) is 10.5 Å². The van der Waals surface area contributed by atoms with Gasteiger partial charge in [0.05, 0.1) is 7.11 Å². The Balaban J connectivity index is 2.05. The predicted molar refractivity (Wildman–Crippen MR) is 86.6 cm³/mol. The summed E-state index contributed by atoms with van der Waals surface area (Å²) >= 11 is 1.91. The van der Waals surface area contributed by atoms with Crippen molar-refractivity contribution in [3.63, 3.8) is 0 Å². The maximum Gasteiger partial charge on any atom is 0.122 e. The number of thiophene rings is 1. The lowest BCUT2D eigenvalue weighted by atomic mass is 9.95. The highest BCUT2D eigenvalue weighted by Gasteiger charge is 2.13. The van der Waals surface area contributed by atoms with E-state index in [2.05, 4.69) is 31.2 Å². The summed E-state index contributed by atoms with van der Waals surface area (Å²) in [6.07, 6.45) is 3.14. The number of hydrogen-bond donors (Lipinski definition) is 1. The summed E-state index contributed by atoms with van der Waals surface area (Å²) in [5, 5.41) is 0. The summed E-state index contributed by atoms with van der Waals surface area (Å²) in [5.74, 6) is 1.43. The zero-order chi connectivity index (χ0) is 14.4. The van der Waals surface area contributed by atoms with E-state index in [1.807, 2.05) is 23.5 Å². The molecule has 1 aromatic heterocycles. The molecule has 0 radical (unpaired) electrons. The Kier molecular flexibility index (Phi) is 5.62. The zero-order valence-corrected chi connectivity index (χ0v) is 13.1. The van der Waals surface area contributed by atoms with Crippen LogP contribution in [0.4, 0.5) is 0 Å². The molecule has 20 heavy (non-hydrogen) atoms. The van der Waals surface area contributed by atoms with Crippen molar-refractivity contribution in [2.45, 2.75) is 26.2 Å². The van der Waals surface area contributed by atoms with Crippen molar-refractivity contribution < 1.29 is 4.74 Å². The molecule has 0 aliphatic heterocycles. The average Bonchev–Trinajstić information content (AvgIpc) is 2.94. The van der Waals surface area contributed by atoms with Crippen LogP contribution in [0.1, 0.15) is 22.2 Å². The first-order valence-electron chi connectivity index (χ1n) is 7.16. The average molecular weight is 289 g/mol. The van der Waals surface area contributed by atoms with Crippen molar-refractivity contribution in [3.05, 3.63) is 51.7 Å².